The number of aliphatic hydroxyl groups excluding tert-OH is 1. The lowest BCUT2D eigenvalue weighted by Gasteiger charge is -1.71. The molecule has 0 amide bonds. The molecule has 0 aliphatic rings. The fourth-order valence-electron chi connectivity index (χ4n) is 0. The van der Waals surface area contributed by atoms with Gasteiger partial charge in [-0.1, -0.05) is 6.92 Å². The summed E-state index contributed by atoms with van der Waals surface area (Å²) in [6.45, 7) is 4.61. The summed E-state index contributed by atoms with van der Waals surface area (Å²) >= 11 is 0. The zero-order chi connectivity index (χ0) is 10.6. The van der Waals surface area contributed by atoms with Gasteiger partial charge in [-0.05, 0) is 6.92 Å². The Kier molecular flexibility index (Phi) is 23.5. The monoisotopic (exact) mass is 180 g/mol. The lowest BCUT2D eigenvalue weighted by atomic mass is 10.5. The van der Waals surface area contributed by atoms with E-state index in [0.29, 0.717) is 0 Å². The van der Waals surface area contributed by atoms with Gasteiger partial charge in [-0.15, -0.1) is 0 Å². The zero-order valence-electron chi connectivity index (χ0n) is 7.57. The van der Waals surface area contributed by atoms with Gasteiger partial charge in [0.1, 0.15) is 0 Å². The maximum absolute atomic E-state index is 9.37. The predicted molar refractivity (Wildman–Crippen MR) is 44.0 cm³/mol. The summed E-state index contributed by atoms with van der Waals surface area (Å²) in [6, 6.07) is 0. The van der Waals surface area contributed by atoms with E-state index in [1.807, 2.05) is 0 Å². The Morgan fingerprint density at radius 2 is 1.25 bits per heavy atom. The molecular formula is C7H16O5. The molecule has 0 atom stereocenters. The summed E-state index contributed by atoms with van der Waals surface area (Å²) in [4.78, 5) is 18.4. The van der Waals surface area contributed by atoms with Gasteiger partial charge in [0.2, 0.25) is 0 Å². The summed E-state index contributed by atoms with van der Waals surface area (Å²) in [5.41, 5.74) is 0. The Balaban J connectivity index is -0.000000105. The molecule has 0 aromatic heterocycles. The number of hydrogen-bond donors (Lipinski definition) is 3. The first-order valence-corrected chi connectivity index (χ1v) is 3.44. The Labute approximate surface area is 71.6 Å². The molecular weight excluding hydrogens is 164 g/mol. The normalized spacial score (nSPS) is 6.67. The van der Waals surface area contributed by atoms with Crippen molar-refractivity contribution in [3.05, 3.63) is 0 Å². The number of aliphatic carboxylic acids is 2. The molecule has 0 saturated heterocycles. The third-order valence-corrected chi connectivity index (χ3v) is 0.302. The highest BCUT2D eigenvalue weighted by molar-refractivity contribution is 5.66. The minimum Gasteiger partial charge on any atom is -0.481 e. The van der Waals surface area contributed by atoms with Crippen LogP contribution >= 0.6 is 0 Å². The van der Waals surface area contributed by atoms with Gasteiger partial charge in [-0.25, -0.2) is 0 Å². The molecule has 5 nitrogen and oxygen atoms in total. The molecule has 74 valence electrons. The average molecular weight is 180 g/mol. The fraction of sp³-hybridized carbons (Fsp3) is 0.714. The van der Waals surface area contributed by atoms with Gasteiger partial charge in [0.05, 0.1) is 0 Å². The van der Waals surface area contributed by atoms with Gasteiger partial charge in [0, 0.05) is 20.0 Å². The minimum atomic E-state index is -0.833. The highest BCUT2D eigenvalue weighted by atomic mass is 16.4. The average Bonchev–Trinajstić information content (AvgIpc) is 1.88. The molecule has 0 aromatic rings. The van der Waals surface area contributed by atoms with Crippen molar-refractivity contribution in [2.24, 2.45) is 0 Å². The van der Waals surface area contributed by atoms with Crippen LogP contribution in [0.3, 0.4) is 0 Å². The van der Waals surface area contributed by atoms with Crippen molar-refractivity contribution >= 4 is 11.9 Å². The van der Waals surface area contributed by atoms with Gasteiger partial charge >= 0.3 is 5.97 Å². The van der Waals surface area contributed by atoms with E-state index in [1.165, 1.54) is 0 Å². The number of aliphatic hydroxyl groups is 1. The second-order valence-corrected chi connectivity index (χ2v) is 1.58. The standard InChI is InChI=1S/C3H6O2.C2H4O2.C2H6O/c1-2-3(4)5;1-2(3)4;1-2-3/h2H2,1H3,(H,4,5);1H3,(H,3,4);3H,2H2,1H3. The largest absolute Gasteiger partial charge is 0.481 e. The van der Waals surface area contributed by atoms with Crippen LogP contribution in [0.2, 0.25) is 0 Å². The van der Waals surface area contributed by atoms with Gasteiger partial charge in [-0.2, -0.15) is 0 Å². The quantitative estimate of drug-likeness (QED) is 0.548. The van der Waals surface area contributed by atoms with Crippen LogP contribution in [0, 0.1) is 0 Å². The van der Waals surface area contributed by atoms with Crippen LogP contribution in [0.1, 0.15) is 27.2 Å². The van der Waals surface area contributed by atoms with Crippen LogP contribution in [0.15, 0.2) is 0 Å². The molecule has 0 radical (unpaired) electrons. The molecule has 0 fully saturated rings. The zero-order valence-corrected chi connectivity index (χ0v) is 7.57. The van der Waals surface area contributed by atoms with Gasteiger partial charge in [-0.3, -0.25) is 9.59 Å². The van der Waals surface area contributed by atoms with E-state index in [-0.39, 0.29) is 13.0 Å². The van der Waals surface area contributed by atoms with Crippen LogP contribution in [-0.4, -0.2) is 33.9 Å². The van der Waals surface area contributed by atoms with Gasteiger partial charge in [0.15, 0.2) is 0 Å². The van der Waals surface area contributed by atoms with Crippen molar-refractivity contribution in [1.29, 1.82) is 0 Å². The maximum Gasteiger partial charge on any atom is 0.303 e. The summed E-state index contributed by atoms with van der Waals surface area (Å²) < 4.78 is 0. The molecule has 0 saturated carbocycles. The summed E-state index contributed by atoms with van der Waals surface area (Å²) in [5, 5.41) is 22.7. The summed E-state index contributed by atoms with van der Waals surface area (Å²) in [7, 11) is 0. The Morgan fingerprint density at radius 1 is 1.17 bits per heavy atom. The number of carboxylic acids is 2. The molecule has 3 N–H and O–H groups in total. The topological polar surface area (TPSA) is 94.8 Å². The van der Waals surface area contributed by atoms with E-state index in [2.05, 4.69) is 0 Å². The molecule has 5 heteroatoms. The molecule has 0 heterocycles. The van der Waals surface area contributed by atoms with E-state index >= 15 is 0 Å². The lowest BCUT2D eigenvalue weighted by molar-refractivity contribution is -0.137. The molecule has 0 aliphatic heterocycles. The van der Waals surface area contributed by atoms with Crippen LogP contribution in [-0.2, 0) is 9.59 Å². The molecule has 0 aromatic carbocycles. The number of rotatable bonds is 1. The van der Waals surface area contributed by atoms with Crippen LogP contribution in [0.4, 0.5) is 0 Å². The van der Waals surface area contributed by atoms with E-state index in [9.17, 15) is 4.79 Å². The second kappa shape index (κ2) is 16.5. The van der Waals surface area contributed by atoms with E-state index in [0.717, 1.165) is 6.92 Å². The lowest BCUT2D eigenvalue weighted by Crippen LogP contribution is -1.86. The second-order valence-electron chi connectivity index (χ2n) is 1.58. The summed E-state index contributed by atoms with van der Waals surface area (Å²) in [5.74, 6) is -1.58. The minimum absolute atomic E-state index is 0.222. The summed E-state index contributed by atoms with van der Waals surface area (Å²) in [6.07, 6.45) is 0.222. The van der Waals surface area contributed by atoms with Crippen molar-refractivity contribution in [1.82, 2.24) is 0 Å². The number of hydrogen-bond acceptors (Lipinski definition) is 3. The smallest absolute Gasteiger partial charge is 0.303 e. The Morgan fingerprint density at radius 3 is 1.25 bits per heavy atom. The van der Waals surface area contributed by atoms with Crippen LogP contribution in [0.25, 0.3) is 0 Å². The maximum atomic E-state index is 9.37. The van der Waals surface area contributed by atoms with Crippen molar-refractivity contribution in [3.8, 4) is 0 Å². The van der Waals surface area contributed by atoms with Gasteiger partial charge < -0.3 is 15.3 Å². The first kappa shape index (κ1) is 17.1. The van der Waals surface area contributed by atoms with Crippen molar-refractivity contribution in [2.45, 2.75) is 27.2 Å². The van der Waals surface area contributed by atoms with E-state index < -0.39 is 11.9 Å². The van der Waals surface area contributed by atoms with E-state index in [4.69, 9.17) is 20.1 Å². The SMILES string of the molecule is CC(=O)O.CCC(=O)O.CCO. The third-order valence-electron chi connectivity index (χ3n) is 0.302. The third kappa shape index (κ3) is 686. The van der Waals surface area contributed by atoms with Crippen LogP contribution in [0.5, 0.6) is 0 Å². The number of carboxylic acid groups (broad SMARTS) is 2. The molecule has 0 bridgehead atoms. The first-order valence-electron chi connectivity index (χ1n) is 3.44. The molecule has 12 heavy (non-hydrogen) atoms. The molecule has 0 rings (SSSR count). The molecule has 0 spiro atoms. The highest BCUT2D eigenvalue weighted by Gasteiger charge is 1.80. The van der Waals surface area contributed by atoms with Crippen molar-refractivity contribution in [3.63, 3.8) is 0 Å². The van der Waals surface area contributed by atoms with Gasteiger partial charge in [0.25, 0.3) is 5.97 Å². The van der Waals surface area contributed by atoms with Crippen molar-refractivity contribution < 1.29 is 24.9 Å². The van der Waals surface area contributed by atoms with Crippen molar-refractivity contribution in [2.75, 3.05) is 6.61 Å². The number of carbonyl (C=O) groups is 2. The highest BCUT2D eigenvalue weighted by Crippen LogP contribution is 1.67. The molecule has 0 unspecified atom stereocenters. The Bertz CT molecular complexity index is 106. The van der Waals surface area contributed by atoms with E-state index in [1.54, 1.807) is 13.8 Å². The Hall–Kier alpha value is -1.10. The predicted octanol–water partition coefficient (Wildman–Crippen LogP) is 0.570. The fourth-order valence-corrected chi connectivity index (χ4v) is 0. The van der Waals surface area contributed by atoms with Crippen LogP contribution < -0.4 is 0 Å². The first-order chi connectivity index (χ1) is 5.42. The molecule has 0 aliphatic carbocycles.